The van der Waals surface area contributed by atoms with Crippen molar-refractivity contribution < 1.29 is 14.5 Å². The second-order valence-corrected chi connectivity index (χ2v) is 5.49. The molecule has 3 rings (SSSR count). The molecule has 1 N–H and O–H groups in total. The molecule has 1 amide bonds. The Bertz CT molecular complexity index is 961. The average Bonchev–Trinajstić information content (AvgIpc) is 3.20. The van der Waals surface area contributed by atoms with Gasteiger partial charge in [-0.3, -0.25) is 19.6 Å². The average molecular weight is 356 g/mol. The number of nitrogens with one attached hydrogen (secondary N) is 1. The number of carbonyl (C=O) groups is 1. The van der Waals surface area contributed by atoms with Gasteiger partial charge in [-0.1, -0.05) is 12.1 Å². The first kappa shape index (κ1) is 17.1. The first-order valence-electron chi connectivity index (χ1n) is 7.65. The highest BCUT2D eigenvalue weighted by molar-refractivity contribution is 6.03. The van der Waals surface area contributed by atoms with E-state index in [1.54, 1.807) is 43.2 Å². The van der Waals surface area contributed by atoms with Gasteiger partial charge in [-0.2, -0.15) is 10.2 Å². The van der Waals surface area contributed by atoms with Crippen molar-refractivity contribution in [3.8, 4) is 5.75 Å². The maximum atomic E-state index is 12.3. The van der Waals surface area contributed by atoms with E-state index in [0.29, 0.717) is 11.4 Å². The predicted molar refractivity (Wildman–Crippen MR) is 91.8 cm³/mol. The van der Waals surface area contributed by atoms with E-state index < -0.39 is 4.92 Å². The standard InChI is InChI=1S/C16H16N6O4/c1-11-13(9-20(2)18-11)17-16(23)12-7-8-21(19-12)10-26-15-6-4-3-5-14(15)22(24)25/h3-9H,10H2,1-2H3,(H,17,23). The van der Waals surface area contributed by atoms with Gasteiger partial charge in [-0.15, -0.1) is 0 Å². The fourth-order valence-corrected chi connectivity index (χ4v) is 2.33. The van der Waals surface area contributed by atoms with Gasteiger partial charge < -0.3 is 10.1 Å². The van der Waals surface area contributed by atoms with Crippen LogP contribution in [0.2, 0.25) is 0 Å². The van der Waals surface area contributed by atoms with Crippen LogP contribution in [-0.2, 0) is 13.8 Å². The third-order valence-electron chi connectivity index (χ3n) is 3.55. The summed E-state index contributed by atoms with van der Waals surface area (Å²) < 4.78 is 8.41. The molecule has 0 aliphatic heterocycles. The molecular weight excluding hydrogens is 340 g/mol. The quantitative estimate of drug-likeness (QED) is 0.534. The number of carbonyl (C=O) groups excluding carboxylic acids is 1. The Balaban J connectivity index is 1.66. The molecule has 10 nitrogen and oxygen atoms in total. The van der Waals surface area contributed by atoms with Crippen LogP contribution in [0.25, 0.3) is 0 Å². The SMILES string of the molecule is Cc1nn(C)cc1NC(=O)c1ccn(COc2ccccc2[N+](=O)[O-])n1. The Hall–Kier alpha value is -3.69. The zero-order valence-corrected chi connectivity index (χ0v) is 14.1. The molecule has 0 atom stereocenters. The minimum absolute atomic E-state index is 0.0654. The third kappa shape index (κ3) is 3.69. The smallest absolute Gasteiger partial charge is 0.311 e. The van der Waals surface area contributed by atoms with E-state index in [9.17, 15) is 14.9 Å². The zero-order valence-electron chi connectivity index (χ0n) is 14.1. The van der Waals surface area contributed by atoms with Gasteiger partial charge >= 0.3 is 5.69 Å². The summed E-state index contributed by atoms with van der Waals surface area (Å²) in [6, 6.07) is 7.58. The summed E-state index contributed by atoms with van der Waals surface area (Å²) in [6.45, 7) is 1.72. The van der Waals surface area contributed by atoms with E-state index in [4.69, 9.17) is 4.74 Å². The van der Waals surface area contributed by atoms with E-state index in [1.807, 2.05) is 0 Å². The van der Waals surface area contributed by atoms with Crippen LogP contribution in [0.15, 0.2) is 42.7 Å². The number of aromatic nitrogens is 4. The number of para-hydroxylation sites is 2. The normalized spacial score (nSPS) is 10.5. The predicted octanol–water partition coefficient (Wildman–Crippen LogP) is 2.12. The molecule has 0 aliphatic carbocycles. The summed E-state index contributed by atoms with van der Waals surface area (Å²) >= 11 is 0. The van der Waals surface area contributed by atoms with Crippen molar-refractivity contribution in [1.82, 2.24) is 19.6 Å². The molecular formula is C16H16N6O4. The molecule has 0 bridgehead atoms. The Morgan fingerprint density at radius 3 is 2.77 bits per heavy atom. The molecule has 2 aromatic heterocycles. The van der Waals surface area contributed by atoms with Crippen molar-refractivity contribution in [2.45, 2.75) is 13.7 Å². The van der Waals surface area contributed by atoms with Crippen LogP contribution in [-0.4, -0.2) is 30.4 Å². The number of anilines is 1. The molecule has 134 valence electrons. The van der Waals surface area contributed by atoms with Gasteiger partial charge in [-0.05, 0) is 19.1 Å². The van der Waals surface area contributed by atoms with Crippen molar-refractivity contribution in [3.63, 3.8) is 0 Å². The topological polar surface area (TPSA) is 117 Å². The summed E-state index contributed by atoms with van der Waals surface area (Å²) in [7, 11) is 1.76. The number of ether oxygens (including phenoxy) is 1. The van der Waals surface area contributed by atoms with Crippen LogP contribution in [0.4, 0.5) is 11.4 Å². The van der Waals surface area contributed by atoms with Gasteiger partial charge in [0.2, 0.25) is 0 Å². The second-order valence-electron chi connectivity index (χ2n) is 5.49. The monoisotopic (exact) mass is 356 g/mol. The minimum Gasteiger partial charge on any atom is -0.464 e. The highest BCUT2D eigenvalue weighted by atomic mass is 16.6. The Kier molecular flexibility index (Phi) is 4.65. The molecule has 0 fully saturated rings. The van der Waals surface area contributed by atoms with Crippen molar-refractivity contribution >= 4 is 17.3 Å². The first-order valence-corrected chi connectivity index (χ1v) is 7.65. The van der Waals surface area contributed by atoms with Gasteiger partial charge in [-0.25, -0.2) is 4.68 Å². The van der Waals surface area contributed by atoms with E-state index in [1.165, 1.54) is 22.9 Å². The number of aryl methyl sites for hydroxylation is 2. The van der Waals surface area contributed by atoms with Crippen LogP contribution >= 0.6 is 0 Å². The molecule has 26 heavy (non-hydrogen) atoms. The van der Waals surface area contributed by atoms with Gasteiger partial charge in [0.05, 0.1) is 16.3 Å². The van der Waals surface area contributed by atoms with Gasteiger partial charge in [0.15, 0.2) is 18.2 Å². The van der Waals surface area contributed by atoms with Crippen LogP contribution in [0, 0.1) is 17.0 Å². The van der Waals surface area contributed by atoms with Crippen molar-refractivity contribution in [3.05, 3.63) is 64.2 Å². The maximum absolute atomic E-state index is 12.3. The highest BCUT2D eigenvalue weighted by Crippen LogP contribution is 2.26. The molecule has 1 aromatic carbocycles. The van der Waals surface area contributed by atoms with Crippen LogP contribution < -0.4 is 10.1 Å². The zero-order chi connectivity index (χ0) is 18.7. The lowest BCUT2D eigenvalue weighted by Gasteiger charge is -2.06. The van der Waals surface area contributed by atoms with Gasteiger partial charge in [0, 0.05) is 25.5 Å². The Morgan fingerprint density at radius 2 is 2.08 bits per heavy atom. The Morgan fingerprint density at radius 1 is 1.31 bits per heavy atom. The van der Waals surface area contributed by atoms with E-state index in [0.717, 1.165) is 0 Å². The number of nitrogens with zero attached hydrogens (tertiary/aromatic N) is 5. The lowest BCUT2D eigenvalue weighted by Crippen LogP contribution is -2.14. The summed E-state index contributed by atoms with van der Waals surface area (Å²) in [4.78, 5) is 22.7. The molecule has 0 saturated carbocycles. The maximum Gasteiger partial charge on any atom is 0.311 e. The van der Waals surface area contributed by atoms with Crippen molar-refractivity contribution in [1.29, 1.82) is 0 Å². The number of nitro groups is 1. The van der Waals surface area contributed by atoms with Gasteiger partial charge in [0.25, 0.3) is 5.91 Å². The first-order chi connectivity index (χ1) is 12.4. The Labute approximate surface area is 148 Å². The van der Waals surface area contributed by atoms with Gasteiger partial charge in [0.1, 0.15) is 0 Å². The van der Waals surface area contributed by atoms with Crippen molar-refractivity contribution in [2.75, 3.05) is 5.32 Å². The number of hydrogen-bond acceptors (Lipinski definition) is 6. The highest BCUT2D eigenvalue weighted by Gasteiger charge is 2.15. The summed E-state index contributed by atoms with van der Waals surface area (Å²) in [6.07, 6.45) is 3.25. The largest absolute Gasteiger partial charge is 0.464 e. The molecule has 0 aliphatic rings. The number of nitro benzene ring substituents is 1. The number of amides is 1. The molecule has 2 heterocycles. The molecule has 0 unspecified atom stereocenters. The fraction of sp³-hybridized carbons (Fsp3) is 0.188. The van der Waals surface area contributed by atoms with Crippen molar-refractivity contribution in [2.24, 2.45) is 7.05 Å². The number of hydrogen-bond donors (Lipinski definition) is 1. The summed E-state index contributed by atoms with van der Waals surface area (Å²) in [5.74, 6) is -0.254. The lowest BCUT2D eigenvalue weighted by atomic mass is 10.3. The lowest BCUT2D eigenvalue weighted by molar-refractivity contribution is -0.386. The molecule has 10 heteroatoms. The van der Waals surface area contributed by atoms with Crippen LogP contribution in [0.5, 0.6) is 5.75 Å². The van der Waals surface area contributed by atoms with E-state index in [-0.39, 0.29) is 29.8 Å². The number of rotatable bonds is 6. The summed E-state index contributed by atoms with van der Waals surface area (Å²) in [5.41, 5.74) is 1.35. The molecule has 0 saturated heterocycles. The second kappa shape index (κ2) is 7.05. The van der Waals surface area contributed by atoms with Crippen LogP contribution in [0.1, 0.15) is 16.2 Å². The van der Waals surface area contributed by atoms with E-state index >= 15 is 0 Å². The molecule has 3 aromatic rings. The third-order valence-corrected chi connectivity index (χ3v) is 3.55. The minimum atomic E-state index is -0.520. The number of benzene rings is 1. The molecule has 0 radical (unpaired) electrons. The molecule has 0 spiro atoms. The fourth-order valence-electron chi connectivity index (χ4n) is 2.33. The summed E-state index contributed by atoms with van der Waals surface area (Å²) in [5, 5.41) is 22.0. The van der Waals surface area contributed by atoms with Crippen LogP contribution in [0.3, 0.4) is 0 Å². The van der Waals surface area contributed by atoms with E-state index in [2.05, 4.69) is 15.5 Å².